The minimum Gasteiger partial charge on any atom is -0.457 e. The Morgan fingerprint density at radius 2 is 1.74 bits per heavy atom. The molecule has 0 unspecified atom stereocenters. The van der Waals surface area contributed by atoms with E-state index in [9.17, 15) is 8.42 Å². The van der Waals surface area contributed by atoms with E-state index in [1.165, 1.54) is 19.2 Å². The highest BCUT2D eigenvalue weighted by molar-refractivity contribution is 7.89. The first-order chi connectivity index (χ1) is 9.03. The molecular formula is C13H14N2O3S. The summed E-state index contributed by atoms with van der Waals surface area (Å²) in [6.07, 6.45) is 0. The highest BCUT2D eigenvalue weighted by atomic mass is 32.2. The van der Waals surface area contributed by atoms with Gasteiger partial charge in [-0.25, -0.2) is 13.1 Å². The number of anilines is 1. The molecule has 0 amide bonds. The van der Waals surface area contributed by atoms with Crippen LogP contribution >= 0.6 is 0 Å². The van der Waals surface area contributed by atoms with E-state index in [-0.39, 0.29) is 10.6 Å². The van der Waals surface area contributed by atoms with Gasteiger partial charge in [-0.05, 0) is 31.3 Å². The van der Waals surface area contributed by atoms with E-state index in [1.54, 1.807) is 18.2 Å². The summed E-state index contributed by atoms with van der Waals surface area (Å²) < 4.78 is 31.1. The molecule has 0 aromatic heterocycles. The van der Waals surface area contributed by atoms with Gasteiger partial charge in [0.25, 0.3) is 0 Å². The maximum Gasteiger partial charge on any atom is 0.242 e. The van der Waals surface area contributed by atoms with Crippen LogP contribution < -0.4 is 15.2 Å². The monoisotopic (exact) mass is 278 g/mol. The summed E-state index contributed by atoms with van der Waals surface area (Å²) in [7, 11) is -2.21. The Labute approximate surface area is 112 Å². The number of nitrogens with one attached hydrogen (secondary N) is 1. The third-order valence-corrected chi connectivity index (χ3v) is 4.01. The summed E-state index contributed by atoms with van der Waals surface area (Å²) in [6.45, 7) is 0. The van der Waals surface area contributed by atoms with E-state index >= 15 is 0 Å². The molecule has 19 heavy (non-hydrogen) atoms. The summed E-state index contributed by atoms with van der Waals surface area (Å²) in [4.78, 5) is 0.0374. The average Bonchev–Trinajstić information content (AvgIpc) is 2.39. The molecule has 0 bridgehead atoms. The fourth-order valence-electron chi connectivity index (χ4n) is 1.57. The van der Waals surface area contributed by atoms with Crippen LogP contribution in [0.25, 0.3) is 0 Å². The van der Waals surface area contributed by atoms with Gasteiger partial charge in [0.2, 0.25) is 10.0 Å². The summed E-state index contributed by atoms with van der Waals surface area (Å²) in [6, 6.07) is 13.6. The fourth-order valence-corrected chi connectivity index (χ4v) is 2.41. The number of ether oxygens (including phenoxy) is 1. The van der Waals surface area contributed by atoms with Crippen LogP contribution in [0.15, 0.2) is 53.4 Å². The molecule has 2 aromatic rings. The molecule has 0 saturated carbocycles. The summed E-state index contributed by atoms with van der Waals surface area (Å²) in [5.41, 5.74) is 5.88. The quantitative estimate of drug-likeness (QED) is 0.838. The normalized spacial score (nSPS) is 11.2. The van der Waals surface area contributed by atoms with E-state index in [2.05, 4.69) is 4.72 Å². The Balaban J connectivity index is 2.30. The Hall–Kier alpha value is -2.05. The van der Waals surface area contributed by atoms with E-state index in [4.69, 9.17) is 10.5 Å². The van der Waals surface area contributed by atoms with Crippen molar-refractivity contribution in [2.45, 2.75) is 4.90 Å². The maximum atomic E-state index is 11.7. The zero-order chi connectivity index (χ0) is 13.9. The minimum absolute atomic E-state index is 0.0374. The molecule has 3 N–H and O–H groups in total. The highest BCUT2D eigenvalue weighted by Gasteiger charge is 2.15. The number of hydrogen-bond acceptors (Lipinski definition) is 4. The lowest BCUT2D eigenvalue weighted by atomic mass is 10.3. The van der Waals surface area contributed by atoms with Crippen molar-refractivity contribution >= 4 is 15.7 Å². The van der Waals surface area contributed by atoms with Crippen LogP contribution in [0.5, 0.6) is 11.5 Å². The van der Waals surface area contributed by atoms with Crippen LogP contribution in [-0.2, 0) is 10.0 Å². The molecule has 5 nitrogen and oxygen atoms in total. The molecule has 0 aliphatic heterocycles. The summed E-state index contributed by atoms with van der Waals surface area (Å²) in [5, 5.41) is 0. The van der Waals surface area contributed by atoms with Gasteiger partial charge < -0.3 is 10.5 Å². The molecule has 0 saturated heterocycles. The molecule has 0 radical (unpaired) electrons. The number of hydrogen-bond donors (Lipinski definition) is 2. The lowest BCUT2D eigenvalue weighted by Gasteiger charge is -2.09. The average molecular weight is 278 g/mol. The van der Waals surface area contributed by atoms with Crippen LogP contribution in [0.4, 0.5) is 5.69 Å². The third-order valence-electron chi connectivity index (χ3n) is 2.52. The standard InChI is InChI=1S/C13H14N2O3S/c1-15-19(16,17)13-8-7-11(9-12(13)14)18-10-5-3-2-4-6-10/h2-9,15H,14H2,1H3. The van der Waals surface area contributed by atoms with Crippen LogP contribution in [0.2, 0.25) is 0 Å². The van der Waals surface area contributed by atoms with E-state index < -0.39 is 10.0 Å². The van der Waals surface area contributed by atoms with Crippen molar-refractivity contribution in [2.75, 3.05) is 12.8 Å². The number of benzene rings is 2. The van der Waals surface area contributed by atoms with Gasteiger partial charge in [-0.2, -0.15) is 0 Å². The van der Waals surface area contributed by atoms with Crippen molar-refractivity contribution in [2.24, 2.45) is 0 Å². The van der Waals surface area contributed by atoms with Crippen molar-refractivity contribution in [1.29, 1.82) is 0 Å². The van der Waals surface area contributed by atoms with Crippen molar-refractivity contribution in [3.05, 3.63) is 48.5 Å². The van der Waals surface area contributed by atoms with Crippen LogP contribution in [0.3, 0.4) is 0 Å². The fraction of sp³-hybridized carbons (Fsp3) is 0.0769. The number of para-hydroxylation sites is 1. The number of nitrogen functional groups attached to an aromatic ring is 1. The Kier molecular flexibility index (Phi) is 3.73. The molecule has 0 fully saturated rings. The van der Waals surface area contributed by atoms with Crippen molar-refractivity contribution < 1.29 is 13.2 Å². The van der Waals surface area contributed by atoms with Gasteiger partial charge in [-0.1, -0.05) is 18.2 Å². The van der Waals surface area contributed by atoms with Gasteiger partial charge in [0.05, 0.1) is 5.69 Å². The summed E-state index contributed by atoms with van der Waals surface area (Å²) >= 11 is 0. The van der Waals surface area contributed by atoms with Gasteiger partial charge in [-0.15, -0.1) is 0 Å². The molecule has 2 rings (SSSR count). The molecule has 6 heteroatoms. The first-order valence-corrected chi connectivity index (χ1v) is 7.07. The Bertz CT molecular complexity index is 670. The predicted molar refractivity (Wildman–Crippen MR) is 73.6 cm³/mol. The van der Waals surface area contributed by atoms with Crippen LogP contribution in [0, 0.1) is 0 Å². The molecule has 0 aliphatic rings. The smallest absolute Gasteiger partial charge is 0.242 e. The first kappa shape index (κ1) is 13.4. The van der Waals surface area contributed by atoms with Gasteiger partial charge in [-0.3, -0.25) is 0 Å². The predicted octanol–water partition coefficient (Wildman–Crippen LogP) is 1.97. The number of nitrogens with two attached hydrogens (primary N) is 1. The second-order valence-electron chi connectivity index (χ2n) is 3.82. The zero-order valence-electron chi connectivity index (χ0n) is 10.3. The third kappa shape index (κ3) is 3.04. The molecule has 0 aliphatic carbocycles. The number of sulfonamides is 1. The first-order valence-electron chi connectivity index (χ1n) is 5.59. The van der Waals surface area contributed by atoms with E-state index in [1.807, 2.05) is 18.2 Å². The van der Waals surface area contributed by atoms with E-state index in [0.29, 0.717) is 11.5 Å². The van der Waals surface area contributed by atoms with Crippen LogP contribution in [-0.4, -0.2) is 15.5 Å². The molecular weight excluding hydrogens is 264 g/mol. The number of rotatable bonds is 4. The topological polar surface area (TPSA) is 81.4 Å². The second-order valence-corrected chi connectivity index (χ2v) is 5.68. The Morgan fingerprint density at radius 1 is 1.05 bits per heavy atom. The molecule has 0 atom stereocenters. The van der Waals surface area contributed by atoms with Crippen LogP contribution in [0.1, 0.15) is 0 Å². The van der Waals surface area contributed by atoms with Gasteiger partial charge in [0, 0.05) is 6.07 Å². The van der Waals surface area contributed by atoms with Crippen molar-refractivity contribution in [1.82, 2.24) is 4.72 Å². The minimum atomic E-state index is -3.55. The lowest BCUT2D eigenvalue weighted by Crippen LogP contribution is -2.19. The lowest BCUT2D eigenvalue weighted by molar-refractivity contribution is 0.482. The van der Waals surface area contributed by atoms with Crippen molar-refractivity contribution in [3.63, 3.8) is 0 Å². The molecule has 0 heterocycles. The van der Waals surface area contributed by atoms with Crippen molar-refractivity contribution in [3.8, 4) is 11.5 Å². The van der Waals surface area contributed by atoms with E-state index in [0.717, 1.165) is 0 Å². The molecule has 100 valence electrons. The Morgan fingerprint density at radius 3 is 2.32 bits per heavy atom. The second kappa shape index (κ2) is 5.29. The summed E-state index contributed by atoms with van der Waals surface area (Å²) in [5.74, 6) is 1.14. The highest BCUT2D eigenvalue weighted by Crippen LogP contribution is 2.27. The zero-order valence-corrected chi connectivity index (χ0v) is 11.1. The van der Waals surface area contributed by atoms with Gasteiger partial charge in [0.1, 0.15) is 16.4 Å². The molecule has 2 aromatic carbocycles. The SMILES string of the molecule is CNS(=O)(=O)c1ccc(Oc2ccccc2)cc1N. The van der Waals surface area contributed by atoms with Gasteiger partial charge >= 0.3 is 0 Å². The molecule has 0 spiro atoms. The van der Waals surface area contributed by atoms with Gasteiger partial charge in [0.15, 0.2) is 0 Å². The largest absolute Gasteiger partial charge is 0.457 e. The maximum absolute atomic E-state index is 11.7.